The number of nitrogens with zero attached hydrogens (tertiary/aromatic N) is 4. The Hall–Kier alpha value is -2.88. The molecule has 0 atom stereocenters. The predicted molar refractivity (Wildman–Crippen MR) is 99.7 cm³/mol. The summed E-state index contributed by atoms with van der Waals surface area (Å²) in [6, 6.07) is 7.70. The number of carbonyl (C=O) groups is 1. The molecule has 1 saturated heterocycles. The van der Waals surface area contributed by atoms with Gasteiger partial charge in [0, 0.05) is 57.4 Å². The summed E-state index contributed by atoms with van der Waals surface area (Å²) in [5.74, 6) is -0.0550. The first kappa shape index (κ1) is 18.9. The third-order valence-corrected chi connectivity index (χ3v) is 5.78. The second kappa shape index (κ2) is 7.03. The van der Waals surface area contributed by atoms with Gasteiger partial charge in [0.2, 0.25) is 0 Å². The summed E-state index contributed by atoms with van der Waals surface area (Å²) in [6.45, 7) is 1.97. The van der Waals surface area contributed by atoms with Crippen LogP contribution in [0.25, 0.3) is 0 Å². The second-order valence-electron chi connectivity index (χ2n) is 6.46. The van der Waals surface area contributed by atoms with Gasteiger partial charge in [-0.2, -0.15) is 0 Å². The van der Waals surface area contributed by atoms with Gasteiger partial charge in [0.1, 0.15) is 10.6 Å². The van der Waals surface area contributed by atoms with Crippen molar-refractivity contribution in [3.8, 4) is 0 Å². The average molecular weight is 392 g/mol. The highest BCUT2D eigenvalue weighted by Crippen LogP contribution is 2.29. The molecule has 1 aliphatic rings. The Balaban J connectivity index is 1.76. The van der Waals surface area contributed by atoms with E-state index in [9.17, 15) is 23.3 Å². The van der Waals surface area contributed by atoms with Crippen molar-refractivity contribution in [3.05, 3.63) is 52.3 Å². The fraction of sp³-hybridized carbons (Fsp3) is 0.353. The SMILES string of the molecule is Cn1cccc1C(=O)N1CCN(c2ccc(S(C)(=O)=O)c([N+](=O)[O-])c2)CC1. The van der Waals surface area contributed by atoms with Crippen LogP contribution < -0.4 is 4.90 Å². The van der Waals surface area contributed by atoms with Gasteiger partial charge < -0.3 is 14.4 Å². The second-order valence-corrected chi connectivity index (χ2v) is 8.45. The lowest BCUT2D eigenvalue weighted by Crippen LogP contribution is -2.49. The summed E-state index contributed by atoms with van der Waals surface area (Å²) in [6.07, 6.45) is 2.76. The molecule has 9 nitrogen and oxygen atoms in total. The summed E-state index contributed by atoms with van der Waals surface area (Å²) in [7, 11) is -1.88. The largest absolute Gasteiger partial charge is 0.368 e. The number of hydrogen-bond donors (Lipinski definition) is 0. The molecule has 1 aromatic carbocycles. The van der Waals surface area contributed by atoms with E-state index in [-0.39, 0.29) is 10.8 Å². The van der Waals surface area contributed by atoms with Gasteiger partial charge in [0.15, 0.2) is 9.84 Å². The lowest BCUT2D eigenvalue weighted by Gasteiger charge is -2.36. The first-order valence-corrected chi connectivity index (χ1v) is 10.2. The van der Waals surface area contributed by atoms with Crippen molar-refractivity contribution in [2.75, 3.05) is 37.3 Å². The Kier molecular flexibility index (Phi) is 4.92. The van der Waals surface area contributed by atoms with E-state index in [2.05, 4.69) is 0 Å². The summed E-state index contributed by atoms with van der Waals surface area (Å²) < 4.78 is 25.2. The summed E-state index contributed by atoms with van der Waals surface area (Å²) >= 11 is 0. The molecule has 0 radical (unpaired) electrons. The van der Waals surface area contributed by atoms with Crippen LogP contribution in [0.2, 0.25) is 0 Å². The summed E-state index contributed by atoms with van der Waals surface area (Å²) in [5.41, 5.74) is 0.744. The third kappa shape index (κ3) is 3.80. The van der Waals surface area contributed by atoms with Gasteiger partial charge in [0.05, 0.1) is 4.92 Å². The van der Waals surface area contributed by atoms with E-state index in [4.69, 9.17) is 0 Å². The molecular weight excluding hydrogens is 372 g/mol. The fourth-order valence-corrected chi connectivity index (χ4v) is 4.00. The smallest absolute Gasteiger partial charge is 0.290 e. The molecule has 2 heterocycles. The minimum atomic E-state index is -3.69. The number of amides is 1. The van der Waals surface area contributed by atoms with E-state index in [1.165, 1.54) is 12.1 Å². The predicted octanol–water partition coefficient (Wildman–Crippen LogP) is 1.30. The molecule has 0 unspecified atom stereocenters. The molecule has 10 heteroatoms. The molecule has 0 spiro atoms. The topological polar surface area (TPSA) is 106 Å². The lowest BCUT2D eigenvalue weighted by molar-refractivity contribution is -0.387. The van der Waals surface area contributed by atoms with E-state index >= 15 is 0 Å². The van der Waals surface area contributed by atoms with Crippen LogP contribution in [-0.4, -0.2) is 61.2 Å². The van der Waals surface area contributed by atoms with Crippen molar-refractivity contribution in [3.63, 3.8) is 0 Å². The molecule has 3 rings (SSSR count). The maximum atomic E-state index is 12.6. The average Bonchev–Trinajstić information content (AvgIpc) is 3.06. The quantitative estimate of drug-likeness (QED) is 0.574. The minimum absolute atomic E-state index is 0.0550. The van der Waals surface area contributed by atoms with Crippen LogP contribution in [0.5, 0.6) is 0 Å². The first-order chi connectivity index (χ1) is 12.7. The number of piperazine rings is 1. The molecule has 0 saturated carbocycles. The van der Waals surface area contributed by atoms with Gasteiger partial charge in [-0.3, -0.25) is 14.9 Å². The highest BCUT2D eigenvalue weighted by molar-refractivity contribution is 7.90. The van der Waals surface area contributed by atoms with Crippen LogP contribution in [-0.2, 0) is 16.9 Å². The molecule has 27 heavy (non-hydrogen) atoms. The van der Waals surface area contributed by atoms with Gasteiger partial charge in [-0.25, -0.2) is 8.42 Å². The summed E-state index contributed by atoms with van der Waals surface area (Å²) in [4.78, 5) is 26.5. The molecule has 1 aromatic heterocycles. The maximum absolute atomic E-state index is 12.6. The van der Waals surface area contributed by atoms with E-state index < -0.39 is 20.4 Å². The zero-order valence-corrected chi connectivity index (χ0v) is 15.8. The Morgan fingerprint density at radius 3 is 2.33 bits per heavy atom. The van der Waals surface area contributed by atoms with E-state index in [0.717, 1.165) is 6.26 Å². The highest BCUT2D eigenvalue weighted by atomic mass is 32.2. The van der Waals surface area contributed by atoms with Crippen molar-refractivity contribution >= 4 is 27.1 Å². The zero-order valence-electron chi connectivity index (χ0n) is 15.0. The number of aromatic nitrogens is 1. The lowest BCUT2D eigenvalue weighted by atomic mass is 10.2. The molecule has 0 N–H and O–H groups in total. The number of sulfone groups is 1. The van der Waals surface area contributed by atoms with E-state index in [0.29, 0.717) is 37.6 Å². The molecular formula is C17H20N4O5S. The Morgan fingerprint density at radius 2 is 1.81 bits per heavy atom. The molecule has 1 amide bonds. The molecule has 0 aliphatic carbocycles. The highest BCUT2D eigenvalue weighted by Gasteiger charge is 2.27. The number of benzene rings is 1. The fourth-order valence-electron chi connectivity index (χ4n) is 3.17. The molecule has 0 bridgehead atoms. The van der Waals surface area contributed by atoms with Gasteiger partial charge in [-0.15, -0.1) is 0 Å². The van der Waals surface area contributed by atoms with Crippen molar-refractivity contribution in [1.82, 2.24) is 9.47 Å². The summed E-state index contributed by atoms with van der Waals surface area (Å²) in [5, 5.41) is 11.3. The van der Waals surface area contributed by atoms with Crippen LogP contribution in [0, 0.1) is 10.1 Å². The zero-order chi connectivity index (χ0) is 19.8. The van der Waals surface area contributed by atoms with E-state index in [1.807, 2.05) is 24.2 Å². The first-order valence-electron chi connectivity index (χ1n) is 8.32. The number of aryl methyl sites for hydroxylation is 1. The molecule has 1 fully saturated rings. The maximum Gasteiger partial charge on any atom is 0.290 e. The Bertz CT molecular complexity index is 991. The standard InChI is InChI=1S/C17H20N4O5S/c1-18-7-3-4-14(18)17(22)20-10-8-19(9-11-20)13-5-6-16(27(2,25)26)15(12-13)21(23)24/h3-7,12H,8-11H2,1-2H3. The number of anilines is 1. The van der Waals surface area contributed by atoms with Crippen LogP contribution in [0.4, 0.5) is 11.4 Å². The van der Waals surface area contributed by atoms with Crippen LogP contribution in [0.3, 0.4) is 0 Å². The van der Waals surface area contributed by atoms with Crippen LogP contribution >= 0.6 is 0 Å². The molecule has 1 aliphatic heterocycles. The van der Waals surface area contributed by atoms with Crippen molar-refractivity contribution in [2.45, 2.75) is 4.90 Å². The van der Waals surface area contributed by atoms with Gasteiger partial charge >= 0.3 is 0 Å². The Labute approximate surface area is 156 Å². The number of hydrogen-bond acceptors (Lipinski definition) is 6. The number of nitro benzene ring substituents is 1. The van der Waals surface area contributed by atoms with Crippen LogP contribution in [0.15, 0.2) is 41.4 Å². The minimum Gasteiger partial charge on any atom is -0.368 e. The van der Waals surface area contributed by atoms with Crippen molar-refractivity contribution in [2.24, 2.45) is 7.05 Å². The van der Waals surface area contributed by atoms with Gasteiger partial charge in [0.25, 0.3) is 11.6 Å². The van der Waals surface area contributed by atoms with Crippen LogP contribution in [0.1, 0.15) is 10.5 Å². The van der Waals surface area contributed by atoms with Gasteiger partial charge in [-0.1, -0.05) is 0 Å². The third-order valence-electron chi connectivity index (χ3n) is 4.63. The number of nitro groups is 1. The normalized spacial score (nSPS) is 15.0. The number of rotatable bonds is 4. The number of carbonyl (C=O) groups excluding carboxylic acids is 1. The molecule has 2 aromatic rings. The van der Waals surface area contributed by atoms with Crippen molar-refractivity contribution in [1.29, 1.82) is 0 Å². The Morgan fingerprint density at radius 1 is 1.15 bits per heavy atom. The van der Waals surface area contributed by atoms with E-state index in [1.54, 1.807) is 21.6 Å². The monoisotopic (exact) mass is 392 g/mol. The molecule has 144 valence electrons. The van der Waals surface area contributed by atoms with Crippen molar-refractivity contribution < 1.29 is 18.1 Å². The van der Waals surface area contributed by atoms with Gasteiger partial charge in [-0.05, 0) is 24.3 Å².